The van der Waals surface area contributed by atoms with E-state index in [1.165, 1.54) is 4.88 Å². The normalized spacial score (nSPS) is 15.0. The molecule has 0 saturated heterocycles. The van der Waals surface area contributed by atoms with Gasteiger partial charge in [-0.3, -0.25) is 4.79 Å². The molecule has 0 bridgehead atoms. The molecule has 108 valence electrons. The van der Waals surface area contributed by atoms with E-state index in [-0.39, 0.29) is 6.04 Å². The molecule has 0 aliphatic carbocycles. The summed E-state index contributed by atoms with van der Waals surface area (Å²) in [6.45, 7) is 2.15. The van der Waals surface area contributed by atoms with Gasteiger partial charge in [0, 0.05) is 10.9 Å². The van der Waals surface area contributed by atoms with Crippen molar-refractivity contribution in [2.45, 2.75) is 38.5 Å². The molecule has 1 amide bonds. The molecule has 0 radical (unpaired) electrons. The number of halogens is 3. The summed E-state index contributed by atoms with van der Waals surface area (Å²) in [5.41, 5.74) is 0. The van der Waals surface area contributed by atoms with Gasteiger partial charge in [0.05, 0.1) is 6.04 Å². The van der Waals surface area contributed by atoms with E-state index in [0.717, 1.165) is 6.42 Å². The van der Waals surface area contributed by atoms with E-state index in [4.69, 9.17) is 0 Å². The molecular weight excluding hydrogens is 277 g/mol. The van der Waals surface area contributed by atoms with Crippen LogP contribution in [0.4, 0.5) is 13.2 Å². The average molecular weight is 294 g/mol. The van der Waals surface area contributed by atoms with Crippen LogP contribution in [-0.4, -0.2) is 30.7 Å². The van der Waals surface area contributed by atoms with E-state index >= 15 is 0 Å². The van der Waals surface area contributed by atoms with Crippen LogP contribution in [0.5, 0.6) is 0 Å². The van der Waals surface area contributed by atoms with Crippen molar-refractivity contribution >= 4 is 17.2 Å². The zero-order chi connectivity index (χ0) is 14.5. The van der Waals surface area contributed by atoms with Crippen molar-refractivity contribution < 1.29 is 18.0 Å². The second kappa shape index (κ2) is 6.91. The van der Waals surface area contributed by atoms with Crippen LogP contribution in [0.2, 0.25) is 0 Å². The maximum absolute atomic E-state index is 12.0. The van der Waals surface area contributed by atoms with Gasteiger partial charge < -0.3 is 10.6 Å². The van der Waals surface area contributed by atoms with Crippen LogP contribution in [0.3, 0.4) is 0 Å². The molecule has 3 nitrogen and oxygen atoms in total. The number of thiophene rings is 1. The van der Waals surface area contributed by atoms with Gasteiger partial charge in [-0.1, -0.05) is 6.07 Å². The minimum atomic E-state index is -4.38. The zero-order valence-electron chi connectivity index (χ0n) is 10.8. The lowest BCUT2D eigenvalue weighted by Gasteiger charge is -2.19. The first kappa shape index (κ1) is 16.0. The van der Waals surface area contributed by atoms with Crippen molar-refractivity contribution in [2.24, 2.45) is 0 Å². The van der Waals surface area contributed by atoms with Crippen molar-refractivity contribution in [3.05, 3.63) is 22.4 Å². The molecule has 1 rings (SSSR count). The molecular formula is C12H17F3N2OS. The molecule has 0 saturated carbocycles. The van der Waals surface area contributed by atoms with Crippen LogP contribution in [0.1, 0.15) is 18.7 Å². The molecule has 0 aliphatic rings. The summed E-state index contributed by atoms with van der Waals surface area (Å²) in [6, 6.07) is 3.28. The third-order valence-corrected chi connectivity index (χ3v) is 3.38. The molecule has 0 fully saturated rings. The van der Waals surface area contributed by atoms with Gasteiger partial charge in [-0.2, -0.15) is 13.2 Å². The summed E-state index contributed by atoms with van der Waals surface area (Å²) in [5, 5.41) is 6.80. The Labute approximate surface area is 114 Å². The summed E-state index contributed by atoms with van der Waals surface area (Å²) in [5.74, 6) is -0.643. The Bertz CT molecular complexity index is 392. The van der Waals surface area contributed by atoms with Gasteiger partial charge in [0.1, 0.15) is 6.54 Å². The number of rotatable bonds is 6. The quantitative estimate of drug-likeness (QED) is 0.845. The summed E-state index contributed by atoms with van der Waals surface area (Å²) >= 11 is 1.61. The molecule has 1 aromatic heterocycles. The Kier molecular flexibility index (Phi) is 5.81. The van der Waals surface area contributed by atoms with Gasteiger partial charge >= 0.3 is 6.18 Å². The Morgan fingerprint density at radius 1 is 1.42 bits per heavy atom. The smallest absolute Gasteiger partial charge is 0.346 e. The number of amides is 1. The van der Waals surface area contributed by atoms with Crippen molar-refractivity contribution in [1.82, 2.24) is 10.6 Å². The Balaban J connectivity index is 2.33. The maximum atomic E-state index is 12.0. The van der Waals surface area contributed by atoms with Crippen LogP contribution >= 0.6 is 11.3 Å². The van der Waals surface area contributed by atoms with Crippen molar-refractivity contribution in [3.8, 4) is 0 Å². The third kappa shape index (κ3) is 6.58. The second-order valence-electron chi connectivity index (χ2n) is 4.41. The minimum absolute atomic E-state index is 0.0188. The molecule has 7 heteroatoms. The number of hydrogen-bond donors (Lipinski definition) is 2. The highest BCUT2D eigenvalue weighted by atomic mass is 32.1. The molecule has 0 aromatic carbocycles. The molecule has 1 aromatic rings. The predicted octanol–water partition coefficient (Wildman–Crippen LogP) is 2.34. The average Bonchev–Trinajstić information content (AvgIpc) is 2.77. The molecule has 2 unspecified atom stereocenters. The highest BCUT2D eigenvalue weighted by Crippen LogP contribution is 2.13. The maximum Gasteiger partial charge on any atom is 0.405 e. The molecule has 2 N–H and O–H groups in total. The Morgan fingerprint density at radius 3 is 2.63 bits per heavy atom. The van der Waals surface area contributed by atoms with Gasteiger partial charge in [0.25, 0.3) is 0 Å². The van der Waals surface area contributed by atoms with E-state index < -0.39 is 24.7 Å². The van der Waals surface area contributed by atoms with Crippen LogP contribution in [0.25, 0.3) is 0 Å². The second-order valence-corrected chi connectivity index (χ2v) is 5.44. The van der Waals surface area contributed by atoms with Crippen LogP contribution in [0, 0.1) is 0 Å². The first-order valence-corrected chi connectivity index (χ1v) is 6.79. The minimum Gasteiger partial charge on any atom is -0.346 e. The zero-order valence-corrected chi connectivity index (χ0v) is 11.6. The van der Waals surface area contributed by atoms with Gasteiger partial charge in [0.2, 0.25) is 5.91 Å². The van der Waals surface area contributed by atoms with Gasteiger partial charge in [-0.05, 0) is 31.7 Å². The number of hydrogen-bond acceptors (Lipinski definition) is 3. The van der Waals surface area contributed by atoms with E-state index in [2.05, 4.69) is 5.32 Å². The Morgan fingerprint density at radius 2 is 2.11 bits per heavy atom. The predicted molar refractivity (Wildman–Crippen MR) is 69.1 cm³/mol. The largest absolute Gasteiger partial charge is 0.405 e. The van der Waals surface area contributed by atoms with Crippen LogP contribution in [0.15, 0.2) is 17.5 Å². The van der Waals surface area contributed by atoms with Crippen molar-refractivity contribution in [3.63, 3.8) is 0 Å². The first-order chi connectivity index (χ1) is 8.78. The summed E-state index contributed by atoms with van der Waals surface area (Å²) < 4.78 is 35.9. The van der Waals surface area contributed by atoms with Gasteiger partial charge in [-0.25, -0.2) is 0 Å². The topological polar surface area (TPSA) is 41.1 Å². The lowest BCUT2D eigenvalue weighted by molar-refractivity contribution is -0.139. The number of nitrogens with one attached hydrogen (secondary N) is 2. The molecule has 19 heavy (non-hydrogen) atoms. The third-order valence-electron chi connectivity index (χ3n) is 2.48. The van der Waals surface area contributed by atoms with Gasteiger partial charge in [-0.15, -0.1) is 11.3 Å². The van der Waals surface area contributed by atoms with Gasteiger partial charge in [0.15, 0.2) is 0 Å². The monoisotopic (exact) mass is 294 g/mol. The first-order valence-electron chi connectivity index (χ1n) is 5.91. The van der Waals surface area contributed by atoms with E-state index in [1.807, 2.05) is 29.8 Å². The fourth-order valence-corrected chi connectivity index (χ4v) is 2.47. The van der Waals surface area contributed by atoms with Crippen molar-refractivity contribution in [2.75, 3.05) is 6.54 Å². The lowest BCUT2D eigenvalue weighted by Crippen LogP contribution is -2.48. The summed E-state index contributed by atoms with van der Waals surface area (Å²) in [6.07, 6.45) is -3.63. The van der Waals surface area contributed by atoms with Crippen LogP contribution in [-0.2, 0) is 11.2 Å². The number of carbonyl (C=O) groups excluding carboxylic acids is 1. The Hall–Kier alpha value is -1.08. The van der Waals surface area contributed by atoms with Crippen LogP contribution < -0.4 is 10.6 Å². The standard InChI is InChI=1S/C12H17F3N2OS/c1-8(6-10-4-3-5-19-10)17-9(2)11(18)16-7-12(13,14)15/h3-5,8-9,17H,6-7H2,1-2H3,(H,16,18). The summed E-state index contributed by atoms with van der Waals surface area (Å²) in [7, 11) is 0. The summed E-state index contributed by atoms with van der Waals surface area (Å²) in [4.78, 5) is 12.6. The van der Waals surface area contributed by atoms with E-state index in [9.17, 15) is 18.0 Å². The number of carbonyl (C=O) groups is 1. The van der Waals surface area contributed by atoms with E-state index in [1.54, 1.807) is 18.3 Å². The fourth-order valence-electron chi connectivity index (χ4n) is 1.63. The van der Waals surface area contributed by atoms with E-state index in [0.29, 0.717) is 0 Å². The lowest BCUT2D eigenvalue weighted by atomic mass is 10.2. The highest BCUT2D eigenvalue weighted by molar-refractivity contribution is 7.09. The molecule has 1 heterocycles. The molecule has 0 spiro atoms. The molecule has 2 atom stereocenters. The SMILES string of the molecule is CC(Cc1cccs1)NC(C)C(=O)NCC(F)(F)F. The van der Waals surface area contributed by atoms with Crippen molar-refractivity contribution in [1.29, 1.82) is 0 Å². The fraction of sp³-hybridized carbons (Fsp3) is 0.583. The number of alkyl halides is 3. The molecule has 0 aliphatic heterocycles. The highest BCUT2D eigenvalue weighted by Gasteiger charge is 2.28.